The van der Waals surface area contributed by atoms with Gasteiger partial charge in [0.15, 0.2) is 0 Å². The van der Waals surface area contributed by atoms with Gasteiger partial charge in [0, 0.05) is 0 Å². The van der Waals surface area contributed by atoms with Crippen molar-refractivity contribution in [2.75, 3.05) is 16.6 Å². The molecule has 110 valence electrons. The molecule has 1 saturated carbocycles. The number of nitrogens with two attached hydrogens (primary N) is 1. The van der Waals surface area contributed by atoms with E-state index in [0.717, 1.165) is 17.1 Å². The summed E-state index contributed by atoms with van der Waals surface area (Å²) in [6, 6.07) is 6.42. The van der Waals surface area contributed by atoms with Crippen LogP contribution < -0.4 is 10.0 Å². The average Bonchev–Trinajstić information content (AvgIpc) is 2.91. The Morgan fingerprint density at radius 2 is 1.90 bits per heavy atom. The first-order valence-corrected chi connectivity index (χ1v) is 8.01. The summed E-state index contributed by atoms with van der Waals surface area (Å²) < 4.78 is 26.2. The highest BCUT2D eigenvalue weighted by atomic mass is 32.2. The first-order chi connectivity index (χ1) is 9.43. The highest BCUT2D eigenvalue weighted by molar-refractivity contribution is 7.93. The molecule has 0 aromatic heterocycles. The lowest BCUT2D eigenvalue weighted by Gasteiger charge is -2.27. The van der Waals surface area contributed by atoms with Gasteiger partial charge in [0.05, 0.1) is 16.6 Å². The standard InChI is InChI=1S/C13H18N2O4S/c14-11-7-3-4-8-12(11)15(9-13(16)17)20(18,19)10-5-1-2-6-10/h3-4,7-8,10H,1-2,5-6,9,14H2,(H,16,17). The summed E-state index contributed by atoms with van der Waals surface area (Å²) in [5.74, 6) is -1.20. The van der Waals surface area contributed by atoms with Crippen LogP contribution in [0, 0.1) is 0 Å². The number of nitrogen functional groups attached to an aromatic ring is 1. The lowest BCUT2D eigenvalue weighted by molar-refractivity contribution is -0.135. The molecule has 1 aromatic carbocycles. The third-order valence-electron chi connectivity index (χ3n) is 3.51. The average molecular weight is 298 g/mol. The van der Waals surface area contributed by atoms with E-state index in [1.165, 1.54) is 6.07 Å². The molecule has 0 heterocycles. The van der Waals surface area contributed by atoms with Crippen LogP contribution in [-0.4, -0.2) is 31.3 Å². The maximum atomic E-state index is 12.6. The van der Waals surface area contributed by atoms with Gasteiger partial charge in [0.1, 0.15) is 6.54 Å². The summed E-state index contributed by atoms with van der Waals surface area (Å²) in [5.41, 5.74) is 6.29. The lowest BCUT2D eigenvalue weighted by Crippen LogP contribution is -2.41. The summed E-state index contributed by atoms with van der Waals surface area (Å²) in [6.07, 6.45) is 2.86. The SMILES string of the molecule is Nc1ccccc1N(CC(=O)O)S(=O)(=O)C1CCCC1. The minimum atomic E-state index is -3.70. The van der Waals surface area contributed by atoms with E-state index in [4.69, 9.17) is 10.8 Å². The Bertz CT molecular complexity index is 594. The predicted molar refractivity (Wildman–Crippen MR) is 77.0 cm³/mol. The van der Waals surface area contributed by atoms with E-state index >= 15 is 0 Å². The number of rotatable bonds is 5. The molecule has 1 aromatic rings. The number of sulfonamides is 1. The van der Waals surface area contributed by atoms with Crippen molar-refractivity contribution in [2.24, 2.45) is 0 Å². The molecule has 1 aliphatic carbocycles. The third-order valence-corrected chi connectivity index (χ3v) is 5.77. The van der Waals surface area contributed by atoms with E-state index in [2.05, 4.69) is 0 Å². The third kappa shape index (κ3) is 2.87. The van der Waals surface area contributed by atoms with Crippen LogP contribution in [0.25, 0.3) is 0 Å². The molecule has 0 radical (unpaired) electrons. The second-order valence-electron chi connectivity index (χ2n) is 4.91. The predicted octanol–water partition coefficient (Wildman–Crippen LogP) is 1.43. The second-order valence-corrected chi connectivity index (χ2v) is 7.05. The number of hydrogen-bond donors (Lipinski definition) is 2. The van der Waals surface area contributed by atoms with E-state index in [1.54, 1.807) is 18.2 Å². The molecule has 1 fully saturated rings. The highest BCUT2D eigenvalue weighted by Crippen LogP contribution is 2.32. The smallest absolute Gasteiger partial charge is 0.324 e. The Labute approximate surface area is 118 Å². The van der Waals surface area contributed by atoms with Gasteiger partial charge >= 0.3 is 5.97 Å². The molecule has 6 nitrogen and oxygen atoms in total. The van der Waals surface area contributed by atoms with Gasteiger partial charge in [0.2, 0.25) is 10.0 Å². The molecule has 0 saturated heterocycles. The van der Waals surface area contributed by atoms with E-state index in [-0.39, 0.29) is 11.4 Å². The van der Waals surface area contributed by atoms with Crippen LogP contribution >= 0.6 is 0 Å². The topological polar surface area (TPSA) is 101 Å². The summed E-state index contributed by atoms with van der Waals surface area (Å²) >= 11 is 0. The number of hydrogen-bond acceptors (Lipinski definition) is 4. The first kappa shape index (κ1) is 14.6. The first-order valence-electron chi connectivity index (χ1n) is 6.51. The van der Waals surface area contributed by atoms with Crippen LogP contribution in [-0.2, 0) is 14.8 Å². The zero-order valence-electron chi connectivity index (χ0n) is 11.0. The molecule has 7 heteroatoms. The Kier molecular flexibility index (Phi) is 4.17. The zero-order valence-corrected chi connectivity index (χ0v) is 11.8. The molecule has 0 bridgehead atoms. The van der Waals surface area contributed by atoms with Crippen LogP contribution in [0.3, 0.4) is 0 Å². The zero-order chi connectivity index (χ0) is 14.8. The molecule has 1 aliphatic rings. The van der Waals surface area contributed by atoms with Crippen LogP contribution in [0.5, 0.6) is 0 Å². The number of benzene rings is 1. The molecule has 0 unspecified atom stereocenters. The second kappa shape index (κ2) is 5.70. The Hall–Kier alpha value is -1.76. The molecular formula is C13H18N2O4S. The number of nitrogens with zero attached hydrogens (tertiary/aromatic N) is 1. The molecule has 0 atom stereocenters. The molecule has 0 aliphatic heterocycles. The van der Waals surface area contributed by atoms with Crippen molar-refractivity contribution < 1.29 is 18.3 Å². The minimum Gasteiger partial charge on any atom is -0.480 e. The fraction of sp³-hybridized carbons (Fsp3) is 0.462. The van der Waals surface area contributed by atoms with E-state index in [0.29, 0.717) is 12.8 Å². The van der Waals surface area contributed by atoms with Crippen LogP contribution in [0.2, 0.25) is 0 Å². The van der Waals surface area contributed by atoms with Crippen LogP contribution in [0.4, 0.5) is 11.4 Å². The number of para-hydroxylation sites is 2. The summed E-state index contributed by atoms with van der Waals surface area (Å²) in [6.45, 7) is -0.604. The molecule has 0 amide bonds. The van der Waals surface area contributed by atoms with Gasteiger partial charge in [-0.2, -0.15) is 0 Å². The molecule has 0 spiro atoms. The number of aliphatic carboxylic acids is 1. The Morgan fingerprint density at radius 3 is 2.45 bits per heavy atom. The summed E-state index contributed by atoms with van der Waals surface area (Å²) in [5, 5.41) is 8.48. The summed E-state index contributed by atoms with van der Waals surface area (Å²) in [7, 11) is -3.70. The number of carboxylic acid groups (broad SMARTS) is 1. The molecule has 2 rings (SSSR count). The molecule has 3 N–H and O–H groups in total. The largest absolute Gasteiger partial charge is 0.480 e. The van der Waals surface area contributed by atoms with Gasteiger partial charge in [-0.3, -0.25) is 9.10 Å². The van der Waals surface area contributed by atoms with E-state index in [1.807, 2.05) is 0 Å². The van der Waals surface area contributed by atoms with Gasteiger partial charge in [-0.05, 0) is 25.0 Å². The maximum Gasteiger partial charge on any atom is 0.324 e. The number of anilines is 2. The summed E-state index contributed by atoms with van der Waals surface area (Å²) in [4.78, 5) is 11.0. The fourth-order valence-electron chi connectivity index (χ4n) is 2.52. The maximum absolute atomic E-state index is 12.6. The van der Waals surface area contributed by atoms with Crippen molar-refractivity contribution in [1.29, 1.82) is 0 Å². The van der Waals surface area contributed by atoms with Crippen LogP contribution in [0.15, 0.2) is 24.3 Å². The van der Waals surface area contributed by atoms with Crippen molar-refractivity contribution in [3.05, 3.63) is 24.3 Å². The van der Waals surface area contributed by atoms with Gasteiger partial charge in [-0.15, -0.1) is 0 Å². The minimum absolute atomic E-state index is 0.238. The Morgan fingerprint density at radius 1 is 1.30 bits per heavy atom. The van der Waals surface area contributed by atoms with Gasteiger partial charge in [0.25, 0.3) is 0 Å². The lowest BCUT2D eigenvalue weighted by atomic mass is 10.3. The fourth-order valence-corrected chi connectivity index (χ4v) is 4.54. The number of carboxylic acids is 1. The van der Waals surface area contributed by atoms with E-state index in [9.17, 15) is 13.2 Å². The van der Waals surface area contributed by atoms with Crippen molar-refractivity contribution in [2.45, 2.75) is 30.9 Å². The van der Waals surface area contributed by atoms with Gasteiger partial charge < -0.3 is 10.8 Å². The highest BCUT2D eigenvalue weighted by Gasteiger charge is 2.36. The van der Waals surface area contributed by atoms with Crippen LogP contribution in [0.1, 0.15) is 25.7 Å². The monoisotopic (exact) mass is 298 g/mol. The Balaban J connectivity index is 2.42. The van der Waals surface area contributed by atoms with Crippen molar-refractivity contribution in [3.8, 4) is 0 Å². The van der Waals surface area contributed by atoms with Crippen molar-refractivity contribution >= 4 is 27.4 Å². The molecular weight excluding hydrogens is 280 g/mol. The number of carbonyl (C=O) groups is 1. The van der Waals surface area contributed by atoms with Gasteiger partial charge in [-0.25, -0.2) is 8.42 Å². The van der Waals surface area contributed by atoms with E-state index < -0.39 is 27.8 Å². The van der Waals surface area contributed by atoms with Crippen molar-refractivity contribution in [1.82, 2.24) is 0 Å². The van der Waals surface area contributed by atoms with Gasteiger partial charge in [-0.1, -0.05) is 25.0 Å². The normalized spacial score (nSPS) is 16.2. The molecule has 20 heavy (non-hydrogen) atoms. The van der Waals surface area contributed by atoms with Crippen molar-refractivity contribution in [3.63, 3.8) is 0 Å². The quantitative estimate of drug-likeness (QED) is 0.801.